The van der Waals surface area contributed by atoms with Crippen LogP contribution in [0.2, 0.25) is 10.0 Å². The van der Waals surface area contributed by atoms with Crippen molar-refractivity contribution in [2.75, 3.05) is 17.5 Å². The first-order valence-electron chi connectivity index (χ1n) is 8.17. The molecule has 0 fully saturated rings. The van der Waals surface area contributed by atoms with Gasteiger partial charge in [0.1, 0.15) is 6.61 Å². The molecule has 1 N–H and O–H groups in total. The molecular weight excluding hydrogens is 413 g/mol. The molecule has 0 aliphatic carbocycles. The van der Waals surface area contributed by atoms with Crippen molar-refractivity contribution in [1.29, 1.82) is 0 Å². The molecule has 6 nitrogen and oxygen atoms in total. The minimum atomic E-state index is -3.95. The first kappa shape index (κ1) is 19.9. The van der Waals surface area contributed by atoms with Gasteiger partial charge in [0.15, 0.2) is 0 Å². The Kier molecular flexibility index (Phi) is 5.95. The number of rotatable bonds is 6. The first-order chi connectivity index (χ1) is 12.8. The van der Waals surface area contributed by atoms with E-state index in [-0.39, 0.29) is 21.5 Å². The summed E-state index contributed by atoms with van der Waals surface area (Å²) in [6, 6.07) is 10.8. The van der Waals surface area contributed by atoms with Crippen molar-refractivity contribution in [3.63, 3.8) is 0 Å². The largest absolute Gasteiger partial charge is 0.480 e. The predicted molar refractivity (Wildman–Crippen MR) is 103 cm³/mol. The summed E-state index contributed by atoms with van der Waals surface area (Å²) in [6.07, 6.45) is 1.18. The van der Waals surface area contributed by atoms with Gasteiger partial charge in [0, 0.05) is 0 Å². The maximum absolute atomic E-state index is 13.4. The van der Waals surface area contributed by atoms with E-state index in [1.807, 2.05) is 12.1 Å². The molecule has 1 aliphatic heterocycles. The fraction of sp³-hybridized carbons (Fsp3) is 0.278. The molecule has 0 saturated heterocycles. The second-order valence-corrected chi connectivity index (χ2v) is 8.74. The van der Waals surface area contributed by atoms with Crippen molar-refractivity contribution in [3.8, 4) is 0 Å². The quantitative estimate of drug-likeness (QED) is 0.757. The van der Waals surface area contributed by atoms with Crippen LogP contribution in [0, 0.1) is 0 Å². The van der Waals surface area contributed by atoms with Gasteiger partial charge in [-0.15, -0.1) is 0 Å². The summed E-state index contributed by atoms with van der Waals surface area (Å²) in [6.45, 7) is -0.514. The number of anilines is 1. The number of fused-ring (bicyclic) bond motifs is 1. The lowest BCUT2D eigenvalue weighted by molar-refractivity contribution is -0.142. The zero-order valence-corrected chi connectivity index (χ0v) is 16.5. The Morgan fingerprint density at radius 3 is 2.63 bits per heavy atom. The number of hydrogen-bond acceptors (Lipinski definition) is 4. The summed E-state index contributed by atoms with van der Waals surface area (Å²) < 4.78 is 33.2. The second-order valence-electron chi connectivity index (χ2n) is 6.11. The number of carboxylic acids is 1. The number of aliphatic carboxylic acids is 1. The highest BCUT2D eigenvalue weighted by Crippen LogP contribution is 2.36. The summed E-state index contributed by atoms with van der Waals surface area (Å²) in [5, 5.41) is 9.18. The van der Waals surface area contributed by atoms with Gasteiger partial charge in [0.05, 0.1) is 33.3 Å². The van der Waals surface area contributed by atoms with E-state index in [9.17, 15) is 13.2 Å². The van der Waals surface area contributed by atoms with E-state index in [0.29, 0.717) is 18.5 Å². The van der Waals surface area contributed by atoms with Gasteiger partial charge in [0.2, 0.25) is 0 Å². The van der Waals surface area contributed by atoms with Gasteiger partial charge in [-0.05, 0) is 42.7 Å². The summed E-state index contributed by atoms with van der Waals surface area (Å²) in [5.74, 6) is -1.11. The third-order valence-electron chi connectivity index (χ3n) is 4.29. The lowest BCUT2D eigenvalue weighted by atomic mass is 9.98. The van der Waals surface area contributed by atoms with Gasteiger partial charge in [0.25, 0.3) is 10.0 Å². The van der Waals surface area contributed by atoms with E-state index in [4.69, 9.17) is 33.0 Å². The van der Waals surface area contributed by atoms with Crippen LogP contribution in [-0.4, -0.2) is 38.7 Å². The number of sulfonamides is 1. The number of ether oxygens (including phenoxy) is 1. The van der Waals surface area contributed by atoms with Crippen molar-refractivity contribution < 1.29 is 23.1 Å². The highest BCUT2D eigenvalue weighted by molar-refractivity contribution is 7.92. The highest BCUT2D eigenvalue weighted by atomic mass is 35.5. The number of para-hydroxylation sites is 1. The van der Waals surface area contributed by atoms with Gasteiger partial charge in [-0.25, -0.2) is 13.2 Å². The molecular formula is C18H17Cl2NO5S. The molecule has 1 unspecified atom stereocenters. The molecule has 0 saturated carbocycles. The molecule has 0 amide bonds. The molecule has 1 atom stereocenters. The van der Waals surface area contributed by atoms with Crippen LogP contribution in [0.1, 0.15) is 12.0 Å². The monoisotopic (exact) mass is 429 g/mol. The third kappa shape index (κ3) is 4.21. The van der Waals surface area contributed by atoms with E-state index >= 15 is 0 Å². The molecule has 27 heavy (non-hydrogen) atoms. The number of carbonyl (C=O) groups is 1. The SMILES string of the molecule is O=C(O)COCC1CCc2ccccc2N1S(=O)(=O)c1ccc(Cl)c(Cl)c1. The van der Waals surface area contributed by atoms with Crippen LogP contribution in [0.3, 0.4) is 0 Å². The van der Waals surface area contributed by atoms with E-state index in [0.717, 1.165) is 5.56 Å². The Balaban J connectivity index is 2.02. The number of aryl methyl sites for hydroxylation is 1. The standard InChI is InChI=1S/C18H17Cl2NO5S/c19-15-8-7-14(9-16(15)20)27(24,25)21-13(10-26-11-18(22)23)6-5-12-3-1-2-4-17(12)21/h1-4,7-9,13H,5-6,10-11H2,(H,22,23). The number of carboxylic acid groups (broad SMARTS) is 1. The van der Waals surface area contributed by atoms with E-state index < -0.39 is 28.6 Å². The van der Waals surface area contributed by atoms with Crippen molar-refractivity contribution in [2.24, 2.45) is 0 Å². The zero-order chi connectivity index (χ0) is 19.6. The topological polar surface area (TPSA) is 83.9 Å². The van der Waals surface area contributed by atoms with Gasteiger partial charge < -0.3 is 9.84 Å². The average molecular weight is 430 g/mol. The fourth-order valence-electron chi connectivity index (χ4n) is 3.08. The zero-order valence-electron chi connectivity index (χ0n) is 14.1. The number of halogens is 2. The smallest absolute Gasteiger partial charge is 0.329 e. The molecule has 0 spiro atoms. The molecule has 0 aromatic heterocycles. The first-order valence-corrected chi connectivity index (χ1v) is 10.4. The van der Waals surface area contributed by atoms with Crippen LogP contribution in [-0.2, 0) is 26.0 Å². The van der Waals surface area contributed by atoms with Gasteiger partial charge in [-0.1, -0.05) is 41.4 Å². The molecule has 3 rings (SSSR count). The van der Waals surface area contributed by atoms with Crippen LogP contribution in [0.15, 0.2) is 47.4 Å². The maximum Gasteiger partial charge on any atom is 0.329 e. The van der Waals surface area contributed by atoms with Crippen molar-refractivity contribution in [2.45, 2.75) is 23.8 Å². The van der Waals surface area contributed by atoms with Crippen molar-refractivity contribution in [1.82, 2.24) is 0 Å². The normalized spacial score (nSPS) is 16.8. The number of hydrogen-bond donors (Lipinski definition) is 1. The lowest BCUT2D eigenvalue weighted by Gasteiger charge is -2.37. The lowest BCUT2D eigenvalue weighted by Crippen LogP contribution is -2.46. The average Bonchev–Trinajstić information content (AvgIpc) is 2.63. The Bertz CT molecular complexity index is 964. The second kappa shape index (κ2) is 8.06. The maximum atomic E-state index is 13.4. The summed E-state index contributed by atoms with van der Waals surface area (Å²) in [5.41, 5.74) is 1.45. The summed E-state index contributed by atoms with van der Waals surface area (Å²) in [7, 11) is -3.95. The Morgan fingerprint density at radius 2 is 1.93 bits per heavy atom. The third-order valence-corrected chi connectivity index (χ3v) is 6.89. The molecule has 0 bridgehead atoms. The Labute approximate surface area is 167 Å². The summed E-state index contributed by atoms with van der Waals surface area (Å²) in [4.78, 5) is 10.7. The highest BCUT2D eigenvalue weighted by Gasteiger charge is 2.36. The Morgan fingerprint density at radius 1 is 1.19 bits per heavy atom. The van der Waals surface area contributed by atoms with Gasteiger partial charge in [-0.3, -0.25) is 4.31 Å². The minimum Gasteiger partial charge on any atom is -0.480 e. The minimum absolute atomic E-state index is 0.0110. The Hall–Kier alpha value is -1.80. The molecule has 9 heteroatoms. The van der Waals surface area contributed by atoms with E-state index in [1.165, 1.54) is 22.5 Å². The van der Waals surface area contributed by atoms with E-state index in [2.05, 4.69) is 0 Å². The molecule has 1 heterocycles. The molecule has 2 aromatic rings. The molecule has 144 valence electrons. The molecule has 1 aliphatic rings. The molecule has 2 aromatic carbocycles. The fourth-order valence-corrected chi connectivity index (χ4v) is 5.18. The predicted octanol–water partition coefficient (Wildman–Crippen LogP) is 3.60. The molecule has 0 radical (unpaired) electrons. The number of nitrogens with zero attached hydrogens (tertiary/aromatic N) is 1. The number of benzene rings is 2. The van der Waals surface area contributed by atoms with Crippen LogP contribution >= 0.6 is 23.2 Å². The van der Waals surface area contributed by atoms with E-state index in [1.54, 1.807) is 12.1 Å². The van der Waals surface area contributed by atoms with Crippen LogP contribution in [0.5, 0.6) is 0 Å². The van der Waals surface area contributed by atoms with Gasteiger partial charge >= 0.3 is 5.97 Å². The van der Waals surface area contributed by atoms with Crippen molar-refractivity contribution >= 4 is 44.9 Å². The van der Waals surface area contributed by atoms with Crippen molar-refractivity contribution in [3.05, 3.63) is 58.1 Å². The van der Waals surface area contributed by atoms with Gasteiger partial charge in [-0.2, -0.15) is 0 Å². The van der Waals surface area contributed by atoms with Crippen LogP contribution in [0.4, 0.5) is 5.69 Å². The summed E-state index contributed by atoms with van der Waals surface area (Å²) >= 11 is 11.9. The van der Waals surface area contributed by atoms with Crippen LogP contribution < -0.4 is 4.31 Å². The van der Waals surface area contributed by atoms with Crippen LogP contribution in [0.25, 0.3) is 0 Å².